The molecule has 2 rings (SSSR count). The third kappa shape index (κ3) is 5.65. The molecule has 0 aliphatic heterocycles. The molecule has 5 nitrogen and oxygen atoms in total. The lowest BCUT2D eigenvalue weighted by Crippen LogP contribution is -2.44. The Morgan fingerprint density at radius 3 is 2.38 bits per heavy atom. The number of ether oxygens (including phenoxy) is 3. The van der Waals surface area contributed by atoms with Crippen molar-refractivity contribution in [2.75, 3.05) is 13.7 Å². The van der Waals surface area contributed by atoms with Crippen LogP contribution in [0.4, 0.5) is 4.39 Å². The lowest BCUT2D eigenvalue weighted by atomic mass is 10.2. The highest BCUT2D eigenvalue weighted by Crippen LogP contribution is 2.19. The van der Waals surface area contributed by atoms with Gasteiger partial charge in [-0.15, -0.1) is 0 Å². The molecule has 0 bridgehead atoms. The van der Waals surface area contributed by atoms with Crippen molar-refractivity contribution in [1.82, 2.24) is 5.32 Å². The van der Waals surface area contributed by atoms with Crippen LogP contribution in [0.3, 0.4) is 0 Å². The standard InChI is InChI=1S/C20H24FNO4/c1-4-18(26-19-8-6-5-7-17(19)21)20(23)22-14(2)13-25-16-11-9-15(24-3)10-12-16/h5-12,14,18H,4,13H2,1-3H3,(H,22,23). The van der Waals surface area contributed by atoms with Crippen LogP contribution in [0.15, 0.2) is 48.5 Å². The third-order valence-electron chi connectivity index (χ3n) is 3.72. The number of rotatable bonds is 9. The summed E-state index contributed by atoms with van der Waals surface area (Å²) in [6.45, 7) is 3.94. The van der Waals surface area contributed by atoms with Crippen molar-refractivity contribution in [2.45, 2.75) is 32.4 Å². The smallest absolute Gasteiger partial charge is 0.261 e. The van der Waals surface area contributed by atoms with Gasteiger partial charge in [0, 0.05) is 0 Å². The SMILES string of the molecule is CCC(Oc1ccccc1F)C(=O)NC(C)COc1ccc(OC)cc1. The predicted octanol–water partition coefficient (Wildman–Crippen LogP) is 3.58. The second-order valence-electron chi connectivity index (χ2n) is 5.84. The second-order valence-corrected chi connectivity index (χ2v) is 5.84. The summed E-state index contributed by atoms with van der Waals surface area (Å²) < 4.78 is 29.9. The summed E-state index contributed by atoms with van der Waals surface area (Å²) in [5.74, 6) is 0.698. The van der Waals surface area contributed by atoms with Gasteiger partial charge in [-0.2, -0.15) is 0 Å². The van der Waals surface area contributed by atoms with E-state index in [1.807, 2.05) is 13.8 Å². The molecule has 0 aliphatic carbocycles. The van der Waals surface area contributed by atoms with Crippen molar-refractivity contribution in [3.8, 4) is 17.2 Å². The molecule has 6 heteroatoms. The van der Waals surface area contributed by atoms with Gasteiger partial charge in [0.05, 0.1) is 13.2 Å². The summed E-state index contributed by atoms with van der Waals surface area (Å²) in [6, 6.07) is 13.0. The molecule has 26 heavy (non-hydrogen) atoms. The average molecular weight is 361 g/mol. The normalized spacial score (nSPS) is 12.8. The lowest BCUT2D eigenvalue weighted by molar-refractivity contribution is -0.129. The van der Waals surface area contributed by atoms with Crippen LogP contribution < -0.4 is 19.5 Å². The van der Waals surface area contributed by atoms with Crippen LogP contribution in [0.25, 0.3) is 0 Å². The molecule has 1 amide bonds. The van der Waals surface area contributed by atoms with Gasteiger partial charge >= 0.3 is 0 Å². The van der Waals surface area contributed by atoms with Gasteiger partial charge < -0.3 is 19.5 Å². The van der Waals surface area contributed by atoms with E-state index in [4.69, 9.17) is 14.2 Å². The summed E-state index contributed by atoms with van der Waals surface area (Å²) in [7, 11) is 1.60. The number of carbonyl (C=O) groups is 1. The average Bonchev–Trinajstić information content (AvgIpc) is 2.66. The Hall–Kier alpha value is -2.76. The number of para-hydroxylation sites is 1. The zero-order valence-electron chi connectivity index (χ0n) is 15.2. The van der Waals surface area contributed by atoms with Crippen LogP contribution in [-0.4, -0.2) is 31.8 Å². The largest absolute Gasteiger partial charge is 0.497 e. The van der Waals surface area contributed by atoms with E-state index in [1.165, 1.54) is 12.1 Å². The van der Waals surface area contributed by atoms with E-state index in [-0.39, 0.29) is 17.7 Å². The monoisotopic (exact) mass is 361 g/mol. The van der Waals surface area contributed by atoms with E-state index in [9.17, 15) is 9.18 Å². The summed E-state index contributed by atoms with van der Waals surface area (Å²) in [5.41, 5.74) is 0. The number of carbonyl (C=O) groups excluding carboxylic acids is 1. The first-order valence-electron chi connectivity index (χ1n) is 8.52. The van der Waals surface area contributed by atoms with Crippen molar-refractivity contribution >= 4 is 5.91 Å². The number of halogens is 1. The number of methoxy groups -OCH3 is 1. The maximum atomic E-state index is 13.7. The number of hydrogen-bond donors (Lipinski definition) is 1. The van der Waals surface area contributed by atoms with Gasteiger partial charge in [-0.1, -0.05) is 19.1 Å². The van der Waals surface area contributed by atoms with E-state index in [0.717, 1.165) is 5.75 Å². The minimum atomic E-state index is -0.768. The maximum Gasteiger partial charge on any atom is 0.261 e. The highest BCUT2D eigenvalue weighted by Gasteiger charge is 2.21. The Labute approximate surface area is 153 Å². The molecule has 0 saturated heterocycles. The molecular formula is C20H24FNO4. The van der Waals surface area contributed by atoms with Crippen LogP contribution in [0.5, 0.6) is 17.2 Å². The fraction of sp³-hybridized carbons (Fsp3) is 0.350. The van der Waals surface area contributed by atoms with Gasteiger partial charge in [0.25, 0.3) is 5.91 Å². The van der Waals surface area contributed by atoms with E-state index in [0.29, 0.717) is 18.8 Å². The highest BCUT2D eigenvalue weighted by molar-refractivity contribution is 5.81. The molecule has 0 saturated carbocycles. The van der Waals surface area contributed by atoms with Crippen LogP contribution in [-0.2, 0) is 4.79 Å². The van der Waals surface area contributed by atoms with Gasteiger partial charge in [-0.25, -0.2) is 4.39 Å². The summed E-state index contributed by atoms with van der Waals surface area (Å²) in [4.78, 5) is 12.4. The zero-order chi connectivity index (χ0) is 18.9. The van der Waals surface area contributed by atoms with Crippen molar-refractivity contribution in [3.05, 3.63) is 54.3 Å². The third-order valence-corrected chi connectivity index (χ3v) is 3.72. The van der Waals surface area contributed by atoms with Crippen LogP contribution in [0, 0.1) is 5.82 Å². The number of hydrogen-bond acceptors (Lipinski definition) is 4. The Morgan fingerprint density at radius 1 is 1.12 bits per heavy atom. The Balaban J connectivity index is 1.84. The Kier molecular flexibility index (Phi) is 7.26. The number of benzene rings is 2. The van der Waals surface area contributed by atoms with Crippen LogP contribution >= 0.6 is 0 Å². The molecule has 0 radical (unpaired) electrons. The van der Waals surface area contributed by atoms with Crippen molar-refractivity contribution in [2.24, 2.45) is 0 Å². The maximum absolute atomic E-state index is 13.7. The summed E-state index contributed by atoms with van der Waals surface area (Å²) in [5, 5.41) is 2.83. The minimum absolute atomic E-state index is 0.0663. The Morgan fingerprint density at radius 2 is 1.77 bits per heavy atom. The van der Waals surface area contributed by atoms with Gasteiger partial charge in [0.15, 0.2) is 17.7 Å². The molecule has 2 aromatic carbocycles. The van der Waals surface area contributed by atoms with Gasteiger partial charge in [-0.05, 0) is 49.7 Å². The molecule has 1 N–H and O–H groups in total. The molecule has 0 heterocycles. The predicted molar refractivity (Wildman–Crippen MR) is 97.2 cm³/mol. The van der Waals surface area contributed by atoms with Crippen molar-refractivity contribution in [1.29, 1.82) is 0 Å². The van der Waals surface area contributed by atoms with Crippen molar-refractivity contribution < 1.29 is 23.4 Å². The summed E-state index contributed by atoms with van der Waals surface area (Å²) >= 11 is 0. The number of amides is 1. The lowest BCUT2D eigenvalue weighted by Gasteiger charge is -2.21. The van der Waals surface area contributed by atoms with Crippen LogP contribution in [0.2, 0.25) is 0 Å². The summed E-state index contributed by atoms with van der Waals surface area (Å²) in [6.07, 6.45) is -0.345. The van der Waals surface area contributed by atoms with E-state index < -0.39 is 11.9 Å². The molecule has 2 aromatic rings. The fourth-order valence-electron chi connectivity index (χ4n) is 2.29. The molecule has 140 valence electrons. The first-order valence-corrected chi connectivity index (χ1v) is 8.52. The van der Waals surface area contributed by atoms with Gasteiger partial charge in [-0.3, -0.25) is 4.79 Å². The molecule has 2 unspecified atom stereocenters. The minimum Gasteiger partial charge on any atom is -0.497 e. The molecule has 0 fully saturated rings. The number of nitrogens with one attached hydrogen (secondary N) is 1. The molecule has 0 spiro atoms. The fourth-order valence-corrected chi connectivity index (χ4v) is 2.29. The first-order chi connectivity index (χ1) is 12.5. The van der Waals surface area contributed by atoms with Crippen LogP contribution in [0.1, 0.15) is 20.3 Å². The highest BCUT2D eigenvalue weighted by atomic mass is 19.1. The van der Waals surface area contributed by atoms with E-state index >= 15 is 0 Å². The van der Waals surface area contributed by atoms with Gasteiger partial charge in [0.2, 0.25) is 0 Å². The zero-order valence-corrected chi connectivity index (χ0v) is 15.2. The molecule has 0 aliphatic rings. The van der Waals surface area contributed by atoms with E-state index in [2.05, 4.69) is 5.32 Å². The Bertz CT molecular complexity index is 705. The first kappa shape index (κ1) is 19.6. The quantitative estimate of drug-likeness (QED) is 0.742. The second kappa shape index (κ2) is 9.65. The topological polar surface area (TPSA) is 56.8 Å². The molecule has 2 atom stereocenters. The molecular weight excluding hydrogens is 337 g/mol. The van der Waals surface area contributed by atoms with E-state index in [1.54, 1.807) is 43.5 Å². The molecule has 0 aromatic heterocycles. The van der Waals surface area contributed by atoms with Gasteiger partial charge in [0.1, 0.15) is 18.1 Å². The van der Waals surface area contributed by atoms with Crippen molar-refractivity contribution in [3.63, 3.8) is 0 Å².